The van der Waals surface area contributed by atoms with E-state index in [0.717, 1.165) is 17.9 Å². The number of carbonyl (C=O) groups is 1. The Balaban J connectivity index is 1.55. The number of H-pyrrole nitrogens is 1. The molecule has 3 rings (SSSR count). The van der Waals surface area contributed by atoms with Crippen LogP contribution in [0.4, 0.5) is 0 Å². The lowest BCUT2D eigenvalue weighted by molar-refractivity contribution is 0.0953. The molecule has 0 aliphatic carbocycles. The van der Waals surface area contributed by atoms with Crippen LogP contribution in [0.1, 0.15) is 28.3 Å². The van der Waals surface area contributed by atoms with Crippen LogP contribution in [-0.4, -0.2) is 32.0 Å². The van der Waals surface area contributed by atoms with E-state index in [1.807, 2.05) is 28.8 Å². The first-order valence-electron chi connectivity index (χ1n) is 7.41. The second kappa shape index (κ2) is 6.43. The summed E-state index contributed by atoms with van der Waals surface area (Å²) in [7, 11) is 0. The number of nitrogens with zero attached hydrogens (tertiary/aromatic N) is 3. The maximum absolute atomic E-state index is 12.0. The monoisotopic (exact) mass is 311 g/mol. The predicted molar refractivity (Wildman–Crippen MR) is 85.4 cm³/mol. The van der Waals surface area contributed by atoms with Gasteiger partial charge in [0, 0.05) is 36.5 Å². The van der Waals surface area contributed by atoms with E-state index in [2.05, 4.69) is 20.5 Å². The molecule has 0 radical (unpaired) electrons. The third kappa shape index (κ3) is 3.45. The van der Waals surface area contributed by atoms with Gasteiger partial charge < -0.3 is 10.3 Å². The molecule has 1 amide bonds. The first-order valence-corrected chi connectivity index (χ1v) is 7.41. The Bertz CT molecular complexity index is 897. The number of rotatable bonds is 5. The molecule has 7 heteroatoms. The van der Waals surface area contributed by atoms with E-state index in [9.17, 15) is 9.59 Å². The van der Waals surface area contributed by atoms with Crippen LogP contribution in [0.15, 0.2) is 41.3 Å². The van der Waals surface area contributed by atoms with E-state index in [0.29, 0.717) is 24.2 Å². The molecule has 0 unspecified atom stereocenters. The Morgan fingerprint density at radius 1 is 1.30 bits per heavy atom. The molecule has 3 aromatic heterocycles. The summed E-state index contributed by atoms with van der Waals surface area (Å²) in [4.78, 5) is 26.0. The third-order valence-electron chi connectivity index (χ3n) is 3.49. The van der Waals surface area contributed by atoms with Gasteiger partial charge >= 0.3 is 0 Å². The molecule has 0 spiro atoms. The number of fused-ring (bicyclic) bond motifs is 1. The summed E-state index contributed by atoms with van der Waals surface area (Å²) in [5.74, 6) is 0.618. The molecule has 0 aliphatic rings. The zero-order valence-corrected chi connectivity index (χ0v) is 12.7. The van der Waals surface area contributed by atoms with Crippen LogP contribution in [0, 0.1) is 6.92 Å². The van der Waals surface area contributed by atoms with E-state index in [-0.39, 0.29) is 11.5 Å². The molecule has 23 heavy (non-hydrogen) atoms. The number of aryl methyl sites for hydroxylation is 2. The molecular weight excluding hydrogens is 294 g/mol. The van der Waals surface area contributed by atoms with Gasteiger partial charge in [0.25, 0.3) is 5.91 Å². The van der Waals surface area contributed by atoms with Crippen LogP contribution in [0.3, 0.4) is 0 Å². The predicted octanol–water partition coefficient (Wildman–Crippen LogP) is 1.09. The van der Waals surface area contributed by atoms with Crippen molar-refractivity contribution in [2.45, 2.75) is 19.8 Å². The van der Waals surface area contributed by atoms with Gasteiger partial charge in [-0.25, -0.2) is 0 Å². The minimum absolute atomic E-state index is 0.245. The average molecular weight is 311 g/mol. The quantitative estimate of drug-likeness (QED) is 0.690. The highest BCUT2D eigenvalue weighted by molar-refractivity contribution is 5.94. The number of aromatic amines is 1. The molecule has 0 aliphatic heterocycles. The first-order chi connectivity index (χ1) is 11.1. The molecule has 3 heterocycles. The number of pyridine rings is 2. The Hall–Kier alpha value is -2.96. The molecule has 0 bridgehead atoms. The number of carbonyl (C=O) groups excluding carboxylic acids is 1. The molecule has 3 aromatic rings. The summed E-state index contributed by atoms with van der Waals surface area (Å²) < 4.78 is 1.93. The zero-order chi connectivity index (χ0) is 16.2. The van der Waals surface area contributed by atoms with E-state index in [1.54, 1.807) is 13.0 Å². The molecular formula is C16H17N5O2. The molecule has 0 aromatic carbocycles. The van der Waals surface area contributed by atoms with Crippen molar-refractivity contribution in [3.05, 3.63) is 64.0 Å². The average Bonchev–Trinajstić information content (AvgIpc) is 2.94. The van der Waals surface area contributed by atoms with E-state index in [1.165, 1.54) is 6.07 Å². The van der Waals surface area contributed by atoms with Crippen molar-refractivity contribution >= 4 is 11.6 Å². The molecule has 0 saturated carbocycles. The molecule has 7 nitrogen and oxygen atoms in total. The van der Waals surface area contributed by atoms with Crippen LogP contribution in [0.2, 0.25) is 0 Å². The van der Waals surface area contributed by atoms with Gasteiger partial charge in [-0.2, -0.15) is 0 Å². The topological polar surface area (TPSA) is 92.2 Å². The number of nitrogens with one attached hydrogen (secondary N) is 2. The van der Waals surface area contributed by atoms with Gasteiger partial charge in [-0.05, 0) is 31.5 Å². The minimum Gasteiger partial charge on any atom is -0.352 e. The van der Waals surface area contributed by atoms with Crippen molar-refractivity contribution in [2.24, 2.45) is 0 Å². The zero-order valence-electron chi connectivity index (χ0n) is 12.7. The van der Waals surface area contributed by atoms with Crippen molar-refractivity contribution in [3.8, 4) is 0 Å². The van der Waals surface area contributed by atoms with Crippen LogP contribution in [0.5, 0.6) is 0 Å². The van der Waals surface area contributed by atoms with Crippen LogP contribution in [-0.2, 0) is 6.42 Å². The molecule has 118 valence electrons. The van der Waals surface area contributed by atoms with Gasteiger partial charge in [-0.15, -0.1) is 10.2 Å². The summed E-state index contributed by atoms with van der Waals surface area (Å²) >= 11 is 0. The third-order valence-corrected chi connectivity index (χ3v) is 3.49. The number of amides is 1. The summed E-state index contributed by atoms with van der Waals surface area (Å²) in [5.41, 5.74) is 1.58. The van der Waals surface area contributed by atoms with Gasteiger partial charge in [0.15, 0.2) is 5.65 Å². The number of hydrogen-bond acceptors (Lipinski definition) is 4. The second-order valence-electron chi connectivity index (χ2n) is 5.32. The fourth-order valence-electron chi connectivity index (χ4n) is 2.43. The summed E-state index contributed by atoms with van der Waals surface area (Å²) in [5, 5.41) is 11.0. The highest BCUT2D eigenvalue weighted by atomic mass is 16.2. The Labute approximate surface area is 132 Å². The van der Waals surface area contributed by atoms with Gasteiger partial charge in [0.2, 0.25) is 5.56 Å². The lowest BCUT2D eigenvalue weighted by Gasteiger charge is -2.05. The first kappa shape index (κ1) is 15.0. The van der Waals surface area contributed by atoms with Crippen molar-refractivity contribution in [1.82, 2.24) is 24.9 Å². The fourth-order valence-corrected chi connectivity index (χ4v) is 2.43. The molecule has 0 atom stereocenters. The minimum atomic E-state index is -0.273. The Morgan fingerprint density at radius 3 is 3.00 bits per heavy atom. The molecule has 2 N–H and O–H groups in total. The van der Waals surface area contributed by atoms with Gasteiger partial charge in [-0.1, -0.05) is 6.07 Å². The fraction of sp³-hybridized carbons (Fsp3) is 0.250. The highest BCUT2D eigenvalue weighted by Gasteiger charge is 2.08. The largest absolute Gasteiger partial charge is 0.352 e. The normalized spacial score (nSPS) is 10.8. The summed E-state index contributed by atoms with van der Waals surface area (Å²) in [6, 6.07) is 8.69. The van der Waals surface area contributed by atoms with Crippen molar-refractivity contribution in [2.75, 3.05) is 6.54 Å². The number of aromatic nitrogens is 4. The van der Waals surface area contributed by atoms with E-state index in [4.69, 9.17) is 0 Å². The van der Waals surface area contributed by atoms with Crippen molar-refractivity contribution in [1.29, 1.82) is 0 Å². The van der Waals surface area contributed by atoms with Crippen LogP contribution in [0.25, 0.3) is 5.65 Å². The maximum Gasteiger partial charge on any atom is 0.251 e. The second-order valence-corrected chi connectivity index (χ2v) is 5.32. The lowest BCUT2D eigenvalue weighted by atomic mass is 10.2. The SMILES string of the molecule is Cc1cc(C(=O)NCCCc2nnc3ccccn23)cc(=O)[nH]1. The van der Waals surface area contributed by atoms with Gasteiger partial charge in [0.1, 0.15) is 5.82 Å². The molecule has 0 fully saturated rings. The summed E-state index contributed by atoms with van der Waals surface area (Å²) in [6.07, 6.45) is 3.37. The number of hydrogen-bond donors (Lipinski definition) is 2. The highest BCUT2D eigenvalue weighted by Crippen LogP contribution is 2.05. The van der Waals surface area contributed by atoms with Crippen LogP contribution < -0.4 is 10.9 Å². The summed E-state index contributed by atoms with van der Waals surface area (Å²) in [6.45, 7) is 2.25. The Kier molecular flexibility index (Phi) is 4.18. The smallest absolute Gasteiger partial charge is 0.251 e. The van der Waals surface area contributed by atoms with Crippen molar-refractivity contribution < 1.29 is 4.79 Å². The lowest BCUT2D eigenvalue weighted by Crippen LogP contribution is -2.26. The van der Waals surface area contributed by atoms with Gasteiger partial charge in [-0.3, -0.25) is 14.0 Å². The van der Waals surface area contributed by atoms with E-state index >= 15 is 0 Å². The Morgan fingerprint density at radius 2 is 2.17 bits per heavy atom. The van der Waals surface area contributed by atoms with Crippen molar-refractivity contribution in [3.63, 3.8) is 0 Å². The standard InChI is InChI=1S/C16H17N5O2/c1-11-9-12(10-15(22)18-11)16(23)17-7-4-6-14-20-19-13-5-2-3-8-21(13)14/h2-3,5,8-10H,4,6-7H2,1H3,(H,17,23)(H,18,22). The van der Waals surface area contributed by atoms with Crippen LogP contribution >= 0.6 is 0 Å². The van der Waals surface area contributed by atoms with Gasteiger partial charge in [0.05, 0.1) is 0 Å². The maximum atomic E-state index is 12.0. The molecule has 0 saturated heterocycles. The van der Waals surface area contributed by atoms with E-state index < -0.39 is 0 Å².